The summed E-state index contributed by atoms with van der Waals surface area (Å²) < 4.78 is 2.94. The van der Waals surface area contributed by atoms with Crippen LogP contribution in [-0.4, -0.2) is 21.3 Å². The number of halogens is 1. The Bertz CT molecular complexity index is 326. The monoisotopic (exact) mass is 260 g/mol. The molecule has 80 valence electrons. The fourth-order valence-corrected chi connectivity index (χ4v) is 2.71. The Morgan fingerprint density at radius 2 is 2.00 bits per heavy atom. The Morgan fingerprint density at radius 1 is 1.43 bits per heavy atom. The molecule has 0 aliphatic heterocycles. The maximum Gasteiger partial charge on any atom is 0.128 e. The van der Waals surface area contributed by atoms with E-state index in [1.807, 2.05) is 7.05 Å². The molecular formula is C10H17BrN2O. The van der Waals surface area contributed by atoms with Crippen LogP contribution in [0.4, 0.5) is 0 Å². The van der Waals surface area contributed by atoms with Crippen molar-refractivity contribution in [1.29, 1.82) is 0 Å². The number of imidazole rings is 1. The molecule has 14 heavy (non-hydrogen) atoms. The first-order valence-corrected chi connectivity index (χ1v) is 5.49. The number of rotatable bonds is 2. The van der Waals surface area contributed by atoms with Crippen molar-refractivity contribution in [2.75, 3.05) is 6.61 Å². The summed E-state index contributed by atoms with van der Waals surface area (Å²) in [5.74, 6) is 0.921. The van der Waals surface area contributed by atoms with Crippen LogP contribution in [0.5, 0.6) is 0 Å². The smallest absolute Gasteiger partial charge is 0.128 e. The Balaban J connectivity index is 3.18. The molecule has 4 heteroatoms. The zero-order chi connectivity index (χ0) is 10.9. The van der Waals surface area contributed by atoms with E-state index in [0.717, 1.165) is 10.4 Å². The van der Waals surface area contributed by atoms with Gasteiger partial charge in [0.05, 0.1) is 12.3 Å². The second kappa shape index (κ2) is 4.03. The molecule has 0 saturated heterocycles. The minimum Gasteiger partial charge on any atom is -0.396 e. The van der Waals surface area contributed by atoms with Crippen LogP contribution >= 0.6 is 15.9 Å². The van der Waals surface area contributed by atoms with Gasteiger partial charge in [0.2, 0.25) is 0 Å². The molecular weight excluding hydrogens is 244 g/mol. The minimum absolute atomic E-state index is 0.0638. The topological polar surface area (TPSA) is 38.0 Å². The lowest BCUT2D eigenvalue weighted by Crippen LogP contribution is -2.17. The van der Waals surface area contributed by atoms with Crippen molar-refractivity contribution in [3.05, 3.63) is 16.1 Å². The first kappa shape index (κ1) is 11.7. The molecule has 0 spiro atoms. The average Bonchev–Trinajstić information content (AvgIpc) is 2.26. The number of hydrogen-bond donors (Lipinski definition) is 1. The van der Waals surface area contributed by atoms with Crippen LogP contribution in [0.25, 0.3) is 0 Å². The Hall–Kier alpha value is -0.350. The van der Waals surface area contributed by atoms with Crippen molar-refractivity contribution < 1.29 is 5.11 Å². The van der Waals surface area contributed by atoms with Crippen LogP contribution in [-0.2, 0) is 18.9 Å². The van der Waals surface area contributed by atoms with Gasteiger partial charge in [0.15, 0.2) is 0 Å². The van der Waals surface area contributed by atoms with Crippen molar-refractivity contribution in [3.8, 4) is 0 Å². The van der Waals surface area contributed by atoms with E-state index in [4.69, 9.17) is 5.11 Å². The minimum atomic E-state index is 0.0638. The fraction of sp³-hybridized carbons (Fsp3) is 0.700. The third kappa shape index (κ3) is 2.17. The van der Waals surface area contributed by atoms with Gasteiger partial charge in [-0.2, -0.15) is 0 Å². The summed E-state index contributed by atoms with van der Waals surface area (Å²) in [5, 5.41) is 8.88. The van der Waals surface area contributed by atoms with Gasteiger partial charge in [0, 0.05) is 18.9 Å². The van der Waals surface area contributed by atoms with Gasteiger partial charge in [0.1, 0.15) is 10.4 Å². The Kier molecular flexibility index (Phi) is 3.37. The van der Waals surface area contributed by atoms with Crippen molar-refractivity contribution >= 4 is 15.9 Å². The molecule has 0 amide bonds. The molecule has 0 aliphatic rings. The standard InChI is InChI=1S/C10H17BrN2O/c1-10(2,3)8-9(11)12-7(5-6-14)13(8)4/h14H,5-6H2,1-4H3. The number of aliphatic hydroxyl groups excluding tert-OH is 1. The third-order valence-electron chi connectivity index (χ3n) is 2.19. The van der Waals surface area contributed by atoms with Crippen LogP contribution in [0.15, 0.2) is 4.60 Å². The molecule has 0 atom stereocenters. The molecule has 3 nitrogen and oxygen atoms in total. The molecule has 1 heterocycles. The number of hydrogen-bond acceptors (Lipinski definition) is 2. The maximum atomic E-state index is 8.88. The summed E-state index contributed by atoms with van der Waals surface area (Å²) in [5.41, 5.74) is 1.23. The molecule has 0 bridgehead atoms. The van der Waals surface area contributed by atoms with E-state index in [0.29, 0.717) is 6.42 Å². The van der Waals surface area contributed by atoms with E-state index >= 15 is 0 Å². The SMILES string of the molecule is Cn1c(CCO)nc(Br)c1C(C)(C)C. The predicted octanol–water partition coefficient (Wildman–Crippen LogP) is 2.01. The lowest BCUT2D eigenvalue weighted by atomic mass is 9.93. The zero-order valence-corrected chi connectivity index (χ0v) is 10.7. The molecule has 1 aromatic heterocycles. The summed E-state index contributed by atoms with van der Waals surface area (Å²) in [7, 11) is 1.99. The summed E-state index contributed by atoms with van der Waals surface area (Å²) >= 11 is 3.46. The van der Waals surface area contributed by atoms with E-state index in [1.165, 1.54) is 5.69 Å². The predicted molar refractivity (Wildman–Crippen MR) is 60.4 cm³/mol. The molecule has 1 rings (SSSR count). The quantitative estimate of drug-likeness (QED) is 0.884. The Morgan fingerprint density at radius 3 is 2.36 bits per heavy atom. The molecule has 0 radical (unpaired) electrons. The molecule has 1 aromatic rings. The van der Waals surface area contributed by atoms with Gasteiger partial charge < -0.3 is 9.67 Å². The fourth-order valence-electron chi connectivity index (χ4n) is 1.64. The van der Waals surface area contributed by atoms with E-state index in [9.17, 15) is 0 Å². The largest absolute Gasteiger partial charge is 0.396 e. The van der Waals surface area contributed by atoms with Gasteiger partial charge in [-0.05, 0) is 15.9 Å². The summed E-state index contributed by atoms with van der Waals surface area (Å²) in [6.45, 7) is 6.59. The highest BCUT2D eigenvalue weighted by Crippen LogP contribution is 2.29. The number of aromatic nitrogens is 2. The lowest BCUT2D eigenvalue weighted by Gasteiger charge is -2.20. The normalized spacial score (nSPS) is 12.1. The first-order valence-electron chi connectivity index (χ1n) is 4.70. The van der Waals surface area contributed by atoms with Gasteiger partial charge >= 0.3 is 0 Å². The number of aliphatic hydroxyl groups is 1. The molecule has 0 fully saturated rings. The van der Waals surface area contributed by atoms with Crippen LogP contribution in [0.1, 0.15) is 32.3 Å². The van der Waals surface area contributed by atoms with E-state index in [1.54, 1.807) is 0 Å². The van der Waals surface area contributed by atoms with Crippen molar-refractivity contribution in [2.24, 2.45) is 7.05 Å². The number of nitrogens with zero attached hydrogens (tertiary/aromatic N) is 2. The summed E-state index contributed by atoms with van der Waals surface area (Å²) in [4.78, 5) is 4.39. The molecule has 0 unspecified atom stereocenters. The van der Waals surface area contributed by atoms with E-state index in [-0.39, 0.29) is 12.0 Å². The van der Waals surface area contributed by atoms with Crippen LogP contribution in [0.3, 0.4) is 0 Å². The van der Waals surface area contributed by atoms with Gasteiger partial charge in [-0.3, -0.25) is 0 Å². The molecule has 0 aromatic carbocycles. The van der Waals surface area contributed by atoms with Gasteiger partial charge in [-0.1, -0.05) is 20.8 Å². The van der Waals surface area contributed by atoms with Crippen LogP contribution in [0.2, 0.25) is 0 Å². The average molecular weight is 261 g/mol. The molecule has 1 N–H and O–H groups in total. The van der Waals surface area contributed by atoms with E-state index < -0.39 is 0 Å². The summed E-state index contributed by atoms with van der Waals surface area (Å²) in [6, 6.07) is 0. The van der Waals surface area contributed by atoms with Crippen LogP contribution in [0, 0.1) is 0 Å². The second-order valence-corrected chi connectivity index (χ2v) is 5.20. The van der Waals surface area contributed by atoms with E-state index in [2.05, 4.69) is 46.3 Å². The highest BCUT2D eigenvalue weighted by atomic mass is 79.9. The lowest BCUT2D eigenvalue weighted by molar-refractivity contribution is 0.295. The van der Waals surface area contributed by atoms with Crippen molar-refractivity contribution in [2.45, 2.75) is 32.6 Å². The van der Waals surface area contributed by atoms with Gasteiger partial charge in [-0.15, -0.1) is 0 Å². The zero-order valence-electron chi connectivity index (χ0n) is 9.13. The highest BCUT2D eigenvalue weighted by Gasteiger charge is 2.23. The van der Waals surface area contributed by atoms with Gasteiger partial charge in [-0.25, -0.2) is 4.98 Å². The second-order valence-electron chi connectivity index (χ2n) is 4.45. The van der Waals surface area contributed by atoms with Gasteiger partial charge in [0.25, 0.3) is 0 Å². The molecule has 0 aliphatic carbocycles. The van der Waals surface area contributed by atoms with Crippen LogP contribution < -0.4 is 0 Å². The first-order chi connectivity index (χ1) is 6.38. The Labute approximate surface area is 93.3 Å². The third-order valence-corrected chi connectivity index (χ3v) is 2.74. The van der Waals surface area contributed by atoms with Crippen molar-refractivity contribution in [3.63, 3.8) is 0 Å². The van der Waals surface area contributed by atoms with Crippen molar-refractivity contribution in [1.82, 2.24) is 9.55 Å². The summed E-state index contributed by atoms with van der Waals surface area (Å²) in [6.07, 6.45) is 0.602. The highest BCUT2D eigenvalue weighted by molar-refractivity contribution is 9.10. The molecule has 0 saturated carbocycles. The maximum absolute atomic E-state index is 8.88.